The number of ether oxygens (including phenoxy) is 1. The van der Waals surface area contributed by atoms with Gasteiger partial charge in [0.05, 0.1) is 31.4 Å². The van der Waals surface area contributed by atoms with Crippen molar-refractivity contribution in [3.8, 4) is 5.88 Å². The van der Waals surface area contributed by atoms with Crippen LogP contribution in [0.3, 0.4) is 0 Å². The van der Waals surface area contributed by atoms with Crippen molar-refractivity contribution in [2.75, 3.05) is 13.7 Å². The summed E-state index contributed by atoms with van der Waals surface area (Å²) in [4.78, 5) is 0. The molecule has 1 N–H and O–H groups in total. The first kappa shape index (κ1) is 11.6. The summed E-state index contributed by atoms with van der Waals surface area (Å²) in [5.41, 5.74) is 1.88. The summed E-state index contributed by atoms with van der Waals surface area (Å²) in [6.07, 6.45) is 3.36. The quantitative estimate of drug-likeness (QED) is 0.853. The Morgan fingerprint density at radius 1 is 1.35 bits per heavy atom. The molecule has 17 heavy (non-hydrogen) atoms. The predicted octanol–water partition coefficient (Wildman–Crippen LogP) is 1.78. The van der Waals surface area contributed by atoms with Gasteiger partial charge < -0.3 is 14.5 Å². The minimum absolute atomic E-state index is 0.00263. The number of aromatic nitrogens is 2. The van der Waals surface area contributed by atoms with Crippen LogP contribution in [0.25, 0.3) is 0 Å². The van der Waals surface area contributed by atoms with E-state index >= 15 is 0 Å². The van der Waals surface area contributed by atoms with E-state index in [0.717, 1.165) is 17.8 Å². The van der Waals surface area contributed by atoms with Gasteiger partial charge in [0.25, 0.3) is 0 Å². The molecule has 0 aliphatic carbocycles. The lowest BCUT2D eigenvalue weighted by Gasteiger charge is -2.15. The van der Waals surface area contributed by atoms with E-state index < -0.39 is 0 Å². The third-order valence-electron chi connectivity index (χ3n) is 2.45. The first-order valence-electron chi connectivity index (χ1n) is 5.48. The Balaban J connectivity index is 2.26. The molecule has 0 radical (unpaired) electrons. The fraction of sp³-hybridized carbons (Fsp3) is 0.333. The van der Waals surface area contributed by atoms with Crippen molar-refractivity contribution >= 4 is 0 Å². The van der Waals surface area contributed by atoms with Crippen molar-refractivity contribution in [2.45, 2.75) is 13.0 Å². The highest BCUT2D eigenvalue weighted by Crippen LogP contribution is 2.21. The molecule has 0 spiro atoms. The lowest BCUT2D eigenvalue weighted by molar-refractivity contribution is 0.390. The van der Waals surface area contributed by atoms with Crippen molar-refractivity contribution in [3.63, 3.8) is 0 Å². The monoisotopic (exact) mass is 233 g/mol. The molecule has 0 aromatic carbocycles. The maximum atomic E-state index is 5.10. The molecule has 0 fully saturated rings. The molecule has 2 aromatic rings. The summed E-state index contributed by atoms with van der Waals surface area (Å²) < 4.78 is 10.1. The van der Waals surface area contributed by atoms with Crippen molar-refractivity contribution in [1.29, 1.82) is 0 Å². The van der Waals surface area contributed by atoms with Gasteiger partial charge in [0.15, 0.2) is 0 Å². The van der Waals surface area contributed by atoms with E-state index in [1.807, 2.05) is 19.1 Å². The highest BCUT2D eigenvalue weighted by atomic mass is 16.5. The standard InChI is InChI=1S/C12H15N3O2/c1-3-13-12(9-6-7-17-8-9)10-4-5-11(16-2)15-14-10/h4-8,12-13H,3H2,1-2H3. The van der Waals surface area contributed by atoms with Crippen molar-refractivity contribution < 1.29 is 9.15 Å². The van der Waals surface area contributed by atoms with E-state index in [0.29, 0.717) is 5.88 Å². The molecule has 90 valence electrons. The van der Waals surface area contributed by atoms with Crippen LogP contribution in [0, 0.1) is 0 Å². The van der Waals surface area contributed by atoms with Gasteiger partial charge in [0.1, 0.15) is 0 Å². The van der Waals surface area contributed by atoms with Crippen LogP contribution in [-0.2, 0) is 0 Å². The van der Waals surface area contributed by atoms with Crippen LogP contribution < -0.4 is 10.1 Å². The van der Waals surface area contributed by atoms with Gasteiger partial charge in [-0.25, -0.2) is 0 Å². The Hall–Kier alpha value is -1.88. The predicted molar refractivity (Wildman–Crippen MR) is 62.8 cm³/mol. The van der Waals surface area contributed by atoms with Crippen molar-refractivity contribution in [2.24, 2.45) is 0 Å². The summed E-state index contributed by atoms with van der Waals surface area (Å²) in [6, 6.07) is 5.61. The van der Waals surface area contributed by atoms with E-state index in [1.165, 1.54) is 0 Å². The number of nitrogens with one attached hydrogen (secondary N) is 1. The first-order chi connectivity index (χ1) is 8.35. The lowest BCUT2D eigenvalue weighted by atomic mass is 10.1. The minimum atomic E-state index is -0.00263. The number of nitrogens with zero attached hydrogens (tertiary/aromatic N) is 2. The molecule has 1 unspecified atom stereocenters. The molecule has 2 aromatic heterocycles. The molecule has 5 heteroatoms. The van der Waals surface area contributed by atoms with Gasteiger partial charge in [-0.2, -0.15) is 0 Å². The van der Waals surface area contributed by atoms with Crippen LogP contribution in [-0.4, -0.2) is 23.9 Å². The number of hydrogen-bond donors (Lipinski definition) is 1. The molecule has 0 aliphatic heterocycles. The summed E-state index contributed by atoms with van der Waals surface area (Å²) in [7, 11) is 1.57. The van der Waals surface area contributed by atoms with E-state index in [-0.39, 0.29) is 6.04 Å². The molecule has 0 saturated heterocycles. The Bertz CT molecular complexity index is 439. The van der Waals surface area contributed by atoms with Gasteiger partial charge in [-0.05, 0) is 18.7 Å². The summed E-state index contributed by atoms with van der Waals surface area (Å²) in [6.45, 7) is 2.88. The maximum absolute atomic E-state index is 5.10. The Morgan fingerprint density at radius 3 is 2.76 bits per heavy atom. The van der Waals surface area contributed by atoms with Crippen LogP contribution in [0.2, 0.25) is 0 Å². The number of furan rings is 1. The SMILES string of the molecule is CCNC(c1ccoc1)c1ccc(OC)nn1. The molecular formula is C12H15N3O2. The third kappa shape index (κ3) is 2.62. The molecule has 0 saturated carbocycles. The minimum Gasteiger partial charge on any atom is -0.480 e. The molecular weight excluding hydrogens is 218 g/mol. The smallest absolute Gasteiger partial charge is 0.233 e. The highest BCUT2D eigenvalue weighted by molar-refractivity contribution is 5.25. The van der Waals surface area contributed by atoms with E-state index in [2.05, 4.69) is 15.5 Å². The second kappa shape index (κ2) is 5.45. The summed E-state index contributed by atoms with van der Waals surface area (Å²) in [5, 5.41) is 11.4. The van der Waals surface area contributed by atoms with Gasteiger partial charge in [-0.1, -0.05) is 6.92 Å². The van der Waals surface area contributed by atoms with Crippen molar-refractivity contribution in [1.82, 2.24) is 15.5 Å². The fourth-order valence-corrected chi connectivity index (χ4v) is 1.63. The van der Waals surface area contributed by atoms with Crippen LogP contribution in [0.1, 0.15) is 24.2 Å². The molecule has 2 heterocycles. The van der Waals surface area contributed by atoms with E-state index in [4.69, 9.17) is 9.15 Å². The topological polar surface area (TPSA) is 60.2 Å². The van der Waals surface area contributed by atoms with E-state index in [9.17, 15) is 0 Å². The van der Waals surface area contributed by atoms with Gasteiger partial charge in [-0.3, -0.25) is 0 Å². The van der Waals surface area contributed by atoms with E-state index in [1.54, 1.807) is 25.7 Å². The fourth-order valence-electron chi connectivity index (χ4n) is 1.63. The zero-order valence-corrected chi connectivity index (χ0v) is 9.88. The molecule has 1 atom stereocenters. The average Bonchev–Trinajstić information content (AvgIpc) is 2.90. The van der Waals surface area contributed by atoms with Gasteiger partial charge >= 0.3 is 0 Å². The summed E-state index contributed by atoms with van der Waals surface area (Å²) >= 11 is 0. The molecule has 0 amide bonds. The Labute approximate surface area is 99.8 Å². The van der Waals surface area contributed by atoms with Crippen LogP contribution in [0.5, 0.6) is 5.88 Å². The molecule has 5 nitrogen and oxygen atoms in total. The summed E-state index contributed by atoms with van der Waals surface area (Å²) in [5.74, 6) is 0.510. The second-order valence-electron chi connectivity index (χ2n) is 3.55. The Morgan fingerprint density at radius 2 is 2.24 bits per heavy atom. The number of hydrogen-bond acceptors (Lipinski definition) is 5. The van der Waals surface area contributed by atoms with Crippen molar-refractivity contribution in [3.05, 3.63) is 42.0 Å². The normalized spacial score (nSPS) is 12.4. The average molecular weight is 233 g/mol. The van der Waals surface area contributed by atoms with Crippen LogP contribution >= 0.6 is 0 Å². The second-order valence-corrected chi connectivity index (χ2v) is 3.55. The maximum Gasteiger partial charge on any atom is 0.233 e. The van der Waals surface area contributed by atoms with Crippen LogP contribution in [0.4, 0.5) is 0 Å². The number of rotatable bonds is 5. The largest absolute Gasteiger partial charge is 0.480 e. The molecule has 2 rings (SSSR count). The third-order valence-corrected chi connectivity index (χ3v) is 2.45. The lowest BCUT2D eigenvalue weighted by Crippen LogP contribution is -2.22. The van der Waals surface area contributed by atoms with Gasteiger partial charge in [0.2, 0.25) is 5.88 Å². The molecule has 0 aliphatic rings. The van der Waals surface area contributed by atoms with Gasteiger partial charge in [-0.15, -0.1) is 10.2 Å². The first-order valence-corrected chi connectivity index (χ1v) is 5.48. The molecule has 0 bridgehead atoms. The highest BCUT2D eigenvalue weighted by Gasteiger charge is 2.16. The number of methoxy groups -OCH3 is 1. The van der Waals surface area contributed by atoms with Crippen LogP contribution in [0.15, 0.2) is 35.1 Å². The zero-order valence-electron chi connectivity index (χ0n) is 9.88. The van der Waals surface area contributed by atoms with Gasteiger partial charge in [0, 0.05) is 11.6 Å². The Kier molecular flexibility index (Phi) is 3.72. The zero-order chi connectivity index (χ0) is 12.1.